The Morgan fingerprint density at radius 2 is 2.45 bits per heavy atom. The van der Waals surface area contributed by atoms with Gasteiger partial charge in [-0.05, 0) is 18.9 Å². The van der Waals surface area contributed by atoms with Crippen LogP contribution in [0.4, 0.5) is 0 Å². The summed E-state index contributed by atoms with van der Waals surface area (Å²) in [7, 11) is 1.76. The van der Waals surface area contributed by atoms with E-state index in [-0.39, 0.29) is 0 Å². The van der Waals surface area contributed by atoms with E-state index in [1.165, 1.54) is 19.5 Å². The van der Waals surface area contributed by atoms with Crippen molar-refractivity contribution in [2.45, 2.75) is 6.42 Å². The van der Waals surface area contributed by atoms with Crippen LogP contribution in [0.5, 0.6) is 0 Å². The predicted octanol–water partition coefficient (Wildman–Crippen LogP) is 1.35. The number of methoxy groups -OCH3 is 1. The molecule has 66 valence electrons. The monoisotopic (exact) mass is 221 g/mol. The molecule has 1 aliphatic rings. The fourth-order valence-corrected chi connectivity index (χ4v) is 1.99. The lowest BCUT2D eigenvalue weighted by Gasteiger charge is -2.13. The van der Waals surface area contributed by atoms with Crippen molar-refractivity contribution in [1.29, 1.82) is 0 Å². The zero-order valence-corrected chi connectivity index (χ0v) is 8.64. The molecule has 0 aliphatic carbocycles. The maximum atomic E-state index is 5.02. The molecule has 0 aromatic rings. The minimum absolute atomic E-state index is 0.867. The molecule has 2 nitrogen and oxygen atoms in total. The standard InChI is InChI=1S/C8H16BrNO/c1-11-5-4-10-3-2-8(6-9)7-10/h8H,2-7H2,1H3. The lowest BCUT2D eigenvalue weighted by Crippen LogP contribution is -2.25. The van der Waals surface area contributed by atoms with Crippen molar-refractivity contribution in [3.05, 3.63) is 0 Å². The highest BCUT2D eigenvalue weighted by Crippen LogP contribution is 2.17. The van der Waals surface area contributed by atoms with E-state index >= 15 is 0 Å². The average molecular weight is 222 g/mol. The van der Waals surface area contributed by atoms with Crippen molar-refractivity contribution in [1.82, 2.24) is 4.90 Å². The quantitative estimate of drug-likeness (QED) is 0.666. The molecule has 1 atom stereocenters. The number of hydrogen-bond donors (Lipinski definition) is 0. The molecule has 1 saturated heterocycles. The minimum atomic E-state index is 0.867. The van der Waals surface area contributed by atoms with E-state index in [1.807, 2.05) is 0 Å². The van der Waals surface area contributed by atoms with E-state index in [0.717, 1.165) is 24.4 Å². The second-order valence-electron chi connectivity index (χ2n) is 3.10. The first kappa shape index (κ1) is 9.49. The normalized spacial score (nSPS) is 26.2. The van der Waals surface area contributed by atoms with Gasteiger partial charge in [0.15, 0.2) is 0 Å². The second-order valence-corrected chi connectivity index (χ2v) is 3.75. The third kappa shape index (κ3) is 3.09. The van der Waals surface area contributed by atoms with Gasteiger partial charge in [0, 0.05) is 25.5 Å². The van der Waals surface area contributed by atoms with Crippen molar-refractivity contribution in [3.63, 3.8) is 0 Å². The molecule has 0 bridgehead atoms. The summed E-state index contributed by atoms with van der Waals surface area (Å²) in [5.74, 6) is 0.867. The second kappa shape index (κ2) is 5.12. The molecular formula is C8H16BrNO. The maximum absolute atomic E-state index is 5.02. The number of nitrogens with zero attached hydrogens (tertiary/aromatic N) is 1. The molecule has 0 N–H and O–H groups in total. The maximum Gasteiger partial charge on any atom is 0.0589 e. The smallest absolute Gasteiger partial charge is 0.0589 e. The first-order valence-electron chi connectivity index (χ1n) is 4.14. The van der Waals surface area contributed by atoms with Crippen LogP contribution in [0.3, 0.4) is 0 Å². The van der Waals surface area contributed by atoms with Crippen LogP contribution in [0.25, 0.3) is 0 Å². The van der Waals surface area contributed by atoms with Gasteiger partial charge in [-0.15, -0.1) is 0 Å². The Balaban J connectivity index is 2.09. The zero-order valence-electron chi connectivity index (χ0n) is 7.05. The van der Waals surface area contributed by atoms with E-state index in [9.17, 15) is 0 Å². The summed E-state index contributed by atoms with van der Waals surface area (Å²) >= 11 is 3.51. The van der Waals surface area contributed by atoms with Crippen LogP contribution < -0.4 is 0 Å². The fourth-order valence-electron chi connectivity index (χ4n) is 1.46. The Hall–Kier alpha value is 0.400. The molecule has 0 saturated carbocycles. The van der Waals surface area contributed by atoms with Crippen molar-refractivity contribution < 1.29 is 4.74 Å². The average Bonchev–Trinajstić information content (AvgIpc) is 2.48. The van der Waals surface area contributed by atoms with E-state index in [4.69, 9.17) is 4.74 Å². The van der Waals surface area contributed by atoms with Gasteiger partial charge in [-0.2, -0.15) is 0 Å². The Bertz CT molecular complexity index is 110. The topological polar surface area (TPSA) is 12.5 Å². The highest BCUT2D eigenvalue weighted by molar-refractivity contribution is 9.09. The summed E-state index contributed by atoms with van der Waals surface area (Å²) in [6.45, 7) is 4.46. The van der Waals surface area contributed by atoms with Gasteiger partial charge in [0.1, 0.15) is 0 Å². The van der Waals surface area contributed by atoms with E-state index in [1.54, 1.807) is 7.11 Å². The molecule has 0 aromatic carbocycles. The molecular weight excluding hydrogens is 206 g/mol. The minimum Gasteiger partial charge on any atom is -0.383 e. The molecule has 1 rings (SSSR count). The van der Waals surface area contributed by atoms with Gasteiger partial charge in [-0.1, -0.05) is 15.9 Å². The summed E-state index contributed by atoms with van der Waals surface area (Å²) in [6, 6.07) is 0. The van der Waals surface area contributed by atoms with Crippen LogP contribution in [-0.4, -0.2) is 43.6 Å². The number of halogens is 1. The van der Waals surface area contributed by atoms with Crippen LogP contribution in [0.1, 0.15) is 6.42 Å². The third-order valence-corrected chi connectivity index (χ3v) is 3.12. The molecule has 1 aliphatic heterocycles. The molecule has 0 amide bonds. The van der Waals surface area contributed by atoms with E-state index in [0.29, 0.717) is 0 Å². The molecule has 0 radical (unpaired) electrons. The van der Waals surface area contributed by atoms with Crippen LogP contribution in [-0.2, 0) is 4.74 Å². The van der Waals surface area contributed by atoms with Gasteiger partial charge in [0.2, 0.25) is 0 Å². The molecule has 1 fully saturated rings. The number of likely N-dealkylation sites (tertiary alicyclic amines) is 1. The Morgan fingerprint density at radius 3 is 3.00 bits per heavy atom. The first-order valence-corrected chi connectivity index (χ1v) is 5.26. The molecule has 3 heteroatoms. The summed E-state index contributed by atoms with van der Waals surface area (Å²) in [5.41, 5.74) is 0. The van der Waals surface area contributed by atoms with Gasteiger partial charge in [0.05, 0.1) is 6.61 Å². The predicted molar refractivity (Wildman–Crippen MR) is 50.2 cm³/mol. The van der Waals surface area contributed by atoms with Crippen LogP contribution >= 0.6 is 15.9 Å². The van der Waals surface area contributed by atoms with E-state index in [2.05, 4.69) is 20.8 Å². The Labute approximate surface area is 77.0 Å². The number of ether oxygens (including phenoxy) is 1. The summed E-state index contributed by atoms with van der Waals surface area (Å²) < 4.78 is 5.02. The third-order valence-electron chi connectivity index (χ3n) is 2.20. The summed E-state index contributed by atoms with van der Waals surface area (Å²) in [4.78, 5) is 2.47. The Morgan fingerprint density at radius 1 is 1.64 bits per heavy atom. The molecule has 0 spiro atoms. The van der Waals surface area contributed by atoms with Gasteiger partial charge < -0.3 is 9.64 Å². The van der Waals surface area contributed by atoms with Gasteiger partial charge >= 0.3 is 0 Å². The fraction of sp³-hybridized carbons (Fsp3) is 1.00. The lowest BCUT2D eigenvalue weighted by atomic mass is 10.2. The zero-order chi connectivity index (χ0) is 8.10. The first-order chi connectivity index (χ1) is 5.36. The van der Waals surface area contributed by atoms with Crippen molar-refractivity contribution >= 4 is 15.9 Å². The largest absolute Gasteiger partial charge is 0.383 e. The Kier molecular flexibility index (Phi) is 4.41. The van der Waals surface area contributed by atoms with Gasteiger partial charge in [-0.25, -0.2) is 0 Å². The number of rotatable bonds is 4. The van der Waals surface area contributed by atoms with Gasteiger partial charge in [-0.3, -0.25) is 0 Å². The SMILES string of the molecule is COCCN1CCC(CBr)C1. The molecule has 0 aromatic heterocycles. The van der Waals surface area contributed by atoms with Crippen molar-refractivity contribution in [2.75, 3.05) is 38.7 Å². The molecule has 11 heavy (non-hydrogen) atoms. The number of alkyl halides is 1. The van der Waals surface area contributed by atoms with Gasteiger partial charge in [0.25, 0.3) is 0 Å². The van der Waals surface area contributed by atoms with Crippen molar-refractivity contribution in [2.24, 2.45) is 5.92 Å². The number of hydrogen-bond acceptors (Lipinski definition) is 2. The van der Waals surface area contributed by atoms with Crippen LogP contribution in [0.2, 0.25) is 0 Å². The lowest BCUT2D eigenvalue weighted by molar-refractivity contribution is 0.159. The summed E-state index contributed by atoms with van der Waals surface area (Å²) in [6.07, 6.45) is 1.34. The van der Waals surface area contributed by atoms with Crippen LogP contribution in [0.15, 0.2) is 0 Å². The van der Waals surface area contributed by atoms with E-state index < -0.39 is 0 Å². The molecule has 1 unspecified atom stereocenters. The summed E-state index contributed by atoms with van der Waals surface area (Å²) in [5, 5.41) is 1.15. The van der Waals surface area contributed by atoms with Crippen LogP contribution in [0, 0.1) is 5.92 Å². The highest BCUT2D eigenvalue weighted by Gasteiger charge is 2.20. The molecule has 1 heterocycles. The van der Waals surface area contributed by atoms with Crippen molar-refractivity contribution in [3.8, 4) is 0 Å². The highest BCUT2D eigenvalue weighted by atomic mass is 79.9.